The van der Waals surface area contributed by atoms with Gasteiger partial charge in [0.05, 0.1) is 11.1 Å². The number of hydrogen-bond donors (Lipinski definition) is 0. The molecule has 0 radical (unpaired) electrons. The van der Waals surface area contributed by atoms with Gasteiger partial charge in [0.25, 0.3) is 0 Å². The molecule has 1 aromatic carbocycles. The first kappa shape index (κ1) is 9.42. The van der Waals surface area contributed by atoms with Crippen molar-refractivity contribution in [3.8, 4) is 11.5 Å². The minimum Gasteiger partial charge on any atom is -0.454 e. The molecule has 1 aliphatic rings. The fraction of sp³-hybridized carbons (Fsp3) is 0.0909. The number of carbonyl (C=O) groups excluding carboxylic acids is 1. The van der Waals surface area contributed by atoms with E-state index in [0.717, 1.165) is 5.39 Å². The topological polar surface area (TPSA) is 48.4 Å². The molecule has 0 saturated carbocycles. The van der Waals surface area contributed by atoms with Gasteiger partial charge >= 0.3 is 0 Å². The Kier molecular flexibility index (Phi) is 1.97. The zero-order chi connectivity index (χ0) is 11.1. The van der Waals surface area contributed by atoms with Crippen molar-refractivity contribution >= 4 is 28.8 Å². The fourth-order valence-corrected chi connectivity index (χ4v) is 1.83. The van der Waals surface area contributed by atoms with Gasteiger partial charge in [-0.15, -0.1) is 0 Å². The molecule has 0 N–H and O–H groups in total. The van der Waals surface area contributed by atoms with Crippen molar-refractivity contribution < 1.29 is 14.3 Å². The Morgan fingerprint density at radius 2 is 2.00 bits per heavy atom. The van der Waals surface area contributed by atoms with E-state index in [2.05, 4.69) is 4.98 Å². The average molecular weight is 236 g/mol. The summed E-state index contributed by atoms with van der Waals surface area (Å²) in [5, 5.41) is 0.997. The molecule has 16 heavy (non-hydrogen) atoms. The van der Waals surface area contributed by atoms with E-state index in [1.165, 1.54) is 0 Å². The highest BCUT2D eigenvalue weighted by molar-refractivity contribution is 6.32. The lowest BCUT2D eigenvalue weighted by molar-refractivity contribution is 0.112. The van der Waals surface area contributed by atoms with Crippen LogP contribution in [0.5, 0.6) is 11.5 Å². The third-order valence-corrected chi connectivity index (χ3v) is 2.72. The summed E-state index contributed by atoms with van der Waals surface area (Å²) in [6.45, 7) is 0.208. The molecule has 2 aromatic rings. The number of aldehydes is 1. The average Bonchev–Trinajstić information content (AvgIpc) is 2.72. The van der Waals surface area contributed by atoms with Crippen LogP contribution in [0, 0.1) is 0 Å². The van der Waals surface area contributed by atoms with Crippen molar-refractivity contribution in [1.82, 2.24) is 4.98 Å². The first-order valence-corrected chi connectivity index (χ1v) is 5.01. The maximum absolute atomic E-state index is 10.7. The first-order valence-electron chi connectivity index (χ1n) is 4.63. The Labute approximate surface area is 95.7 Å². The fourth-order valence-electron chi connectivity index (χ4n) is 1.64. The van der Waals surface area contributed by atoms with Gasteiger partial charge < -0.3 is 9.47 Å². The normalized spacial score (nSPS) is 13.1. The van der Waals surface area contributed by atoms with E-state index < -0.39 is 0 Å². The van der Waals surface area contributed by atoms with E-state index in [-0.39, 0.29) is 11.9 Å². The summed E-state index contributed by atoms with van der Waals surface area (Å²) in [6.07, 6.45) is 0.680. The number of halogens is 1. The van der Waals surface area contributed by atoms with Crippen LogP contribution in [0.3, 0.4) is 0 Å². The molecule has 0 bridgehead atoms. The molecule has 0 atom stereocenters. The van der Waals surface area contributed by atoms with Crippen LogP contribution in [0.4, 0.5) is 0 Å². The molecule has 0 aliphatic carbocycles. The van der Waals surface area contributed by atoms with Crippen molar-refractivity contribution in [2.45, 2.75) is 0 Å². The molecular formula is C11H6ClNO3. The number of aromatic nitrogens is 1. The van der Waals surface area contributed by atoms with Crippen molar-refractivity contribution in [3.05, 3.63) is 28.9 Å². The number of pyridine rings is 1. The molecule has 0 fully saturated rings. The van der Waals surface area contributed by atoms with Crippen LogP contribution in [0.25, 0.3) is 10.9 Å². The summed E-state index contributed by atoms with van der Waals surface area (Å²) < 4.78 is 10.5. The van der Waals surface area contributed by atoms with Gasteiger partial charge in [-0.1, -0.05) is 11.6 Å². The number of ether oxygens (including phenoxy) is 2. The van der Waals surface area contributed by atoms with Crippen molar-refractivity contribution in [2.75, 3.05) is 6.79 Å². The van der Waals surface area contributed by atoms with E-state index >= 15 is 0 Å². The highest BCUT2D eigenvalue weighted by atomic mass is 35.5. The van der Waals surface area contributed by atoms with Gasteiger partial charge in [0.1, 0.15) is 5.15 Å². The van der Waals surface area contributed by atoms with Crippen LogP contribution >= 0.6 is 11.6 Å². The van der Waals surface area contributed by atoms with Crippen LogP contribution in [0.15, 0.2) is 18.2 Å². The predicted octanol–water partition coefficient (Wildman–Crippen LogP) is 2.43. The predicted molar refractivity (Wildman–Crippen MR) is 58.3 cm³/mol. The number of nitrogens with zero attached hydrogens (tertiary/aromatic N) is 1. The summed E-state index contributed by atoms with van der Waals surface area (Å²) in [4.78, 5) is 14.8. The molecule has 3 rings (SSSR count). The summed E-state index contributed by atoms with van der Waals surface area (Å²) in [5.41, 5.74) is 1.05. The molecule has 5 heteroatoms. The van der Waals surface area contributed by atoms with Gasteiger partial charge in [-0.05, 0) is 12.1 Å². The third-order valence-electron chi connectivity index (χ3n) is 2.42. The van der Waals surface area contributed by atoms with Gasteiger partial charge in [-0.2, -0.15) is 0 Å². The Bertz CT molecular complexity index is 597. The third kappa shape index (κ3) is 1.31. The minimum atomic E-state index is 0.196. The van der Waals surface area contributed by atoms with Crippen molar-refractivity contribution in [1.29, 1.82) is 0 Å². The standard InChI is InChI=1S/C11H6ClNO3/c12-11-7(4-14)1-6-2-9-10(16-5-15-9)3-8(6)13-11/h1-4H,5H2. The SMILES string of the molecule is O=Cc1cc2cc3c(cc2nc1Cl)OCO3. The van der Waals surface area contributed by atoms with E-state index in [4.69, 9.17) is 21.1 Å². The summed E-state index contributed by atoms with van der Waals surface area (Å²) in [5.74, 6) is 1.31. The molecular weight excluding hydrogens is 230 g/mol. The lowest BCUT2D eigenvalue weighted by Crippen LogP contribution is -1.92. The lowest BCUT2D eigenvalue weighted by Gasteiger charge is -2.02. The second-order valence-electron chi connectivity index (χ2n) is 3.38. The molecule has 4 nitrogen and oxygen atoms in total. The summed E-state index contributed by atoms with van der Waals surface area (Å²) in [6, 6.07) is 5.21. The smallest absolute Gasteiger partial charge is 0.231 e. The zero-order valence-electron chi connectivity index (χ0n) is 8.07. The van der Waals surface area contributed by atoms with Crippen molar-refractivity contribution in [3.63, 3.8) is 0 Å². The highest BCUT2D eigenvalue weighted by Crippen LogP contribution is 2.36. The summed E-state index contributed by atoms with van der Waals surface area (Å²) >= 11 is 5.84. The van der Waals surface area contributed by atoms with Gasteiger partial charge in [0.15, 0.2) is 17.8 Å². The Morgan fingerprint density at radius 3 is 2.75 bits per heavy atom. The van der Waals surface area contributed by atoms with Crippen LogP contribution in [-0.4, -0.2) is 18.1 Å². The van der Waals surface area contributed by atoms with E-state index in [0.29, 0.717) is 28.9 Å². The molecule has 0 unspecified atom stereocenters. The Balaban J connectivity index is 2.32. The summed E-state index contributed by atoms with van der Waals surface area (Å²) in [7, 11) is 0. The molecule has 1 aromatic heterocycles. The largest absolute Gasteiger partial charge is 0.454 e. The maximum Gasteiger partial charge on any atom is 0.231 e. The monoisotopic (exact) mass is 235 g/mol. The Hall–Kier alpha value is -1.81. The van der Waals surface area contributed by atoms with E-state index in [1.54, 1.807) is 18.2 Å². The molecule has 0 spiro atoms. The van der Waals surface area contributed by atoms with Crippen molar-refractivity contribution in [2.24, 2.45) is 0 Å². The Morgan fingerprint density at radius 1 is 1.25 bits per heavy atom. The van der Waals surface area contributed by atoms with Gasteiger partial charge in [-0.25, -0.2) is 4.98 Å². The lowest BCUT2D eigenvalue weighted by atomic mass is 10.1. The van der Waals surface area contributed by atoms with Crippen LogP contribution in [0.2, 0.25) is 5.15 Å². The maximum atomic E-state index is 10.7. The second-order valence-corrected chi connectivity index (χ2v) is 3.74. The zero-order valence-corrected chi connectivity index (χ0v) is 8.82. The van der Waals surface area contributed by atoms with Gasteiger partial charge in [0, 0.05) is 11.5 Å². The van der Waals surface area contributed by atoms with Gasteiger partial charge in [0.2, 0.25) is 6.79 Å². The van der Waals surface area contributed by atoms with E-state index in [9.17, 15) is 4.79 Å². The number of benzene rings is 1. The van der Waals surface area contributed by atoms with Crippen LogP contribution < -0.4 is 9.47 Å². The molecule has 1 aliphatic heterocycles. The van der Waals surface area contributed by atoms with Gasteiger partial charge in [-0.3, -0.25) is 4.79 Å². The number of hydrogen-bond acceptors (Lipinski definition) is 4. The van der Waals surface area contributed by atoms with E-state index in [1.807, 2.05) is 0 Å². The van der Waals surface area contributed by atoms with Crippen LogP contribution in [-0.2, 0) is 0 Å². The number of rotatable bonds is 1. The first-order chi connectivity index (χ1) is 7.78. The molecule has 80 valence electrons. The second kappa shape index (κ2) is 3.35. The molecule has 0 amide bonds. The highest BCUT2D eigenvalue weighted by Gasteiger charge is 2.15. The number of fused-ring (bicyclic) bond motifs is 2. The van der Waals surface area contributed by atoms with Crippen LogP contribution in [0.1, 0.15) is 10.4 Å². The minimum absolute atomic E-state index is 0.196. The quantitative estimate of drug-likeness (QED) is 0.563. The number of carbonyl (C=O) groups is 1. The molecule has 2 heterocycles. The molecule has 0 saturated heterocycles.